The average molecular weight is 206 g/mol. The fraction of sp³-hybridized carbons (Fsp3) is 0.364. The van der Waals surface area contributed by atoms with Gasteiger partial charge < -0.3 is 10.5 Å². The third-order valence-corrected chi connectivity index (χ3v) is 2.70. The number of nitrogens with zero attached hydrogens (tertiary/aromatic N) is 1. The molecule has 2 rings (SSSR count). The van der Waals surface area contributed by atoms with Crippen molar-refractivity contribution in [2.45, 2.75) is 19.4 Å². The molecule has 4 heteroatoms. The fourth-order valence-electron chi connectivity index (χ4n) is 2.00. The zero-order chi connectivity index (χ0) is 11.0. The maximum Gasteiger partial charge on any atom is 0.414 e. The lowest BCUT2D eigenvalue weighted by Crippen LogP contribution is -2.35. The maximum absolute atomic E-state index is 11.6. The number of hydrogen-bond acceptors (Lipinski definition) is 3. The second kappa shape index (κ2) is 3.46. The number of nitrogens with two attached hydrogens (primary N) is 1. The first-order valence-electron chi connectivity index (χ1n) is 4.89. The molecular formula is C11H14N2O2. The number of methoxy groups -OCH3 is 1. The van der Waals surface area contributed by atoms with Crippen LogP contribution in [0.4, 0.5) is 16.2 Å². The van der Waals surface area contributed by atoms with E-state index in [1.807, 2.05) is 25.1 Å². The molecule has 1 aromatic rings. The van der Waals surface area contributed by atoms with E-state index in [1.54, 1.807) is 4.90 Å². The normalized spacial score (nSPS) is 18.8. The minimum atomic E-state index is -0.327. The molecule has 1 heterocycles. The standard InChI is InChI=1S/C11H14N2O2/c1-7-5-8-3-4-9(12)6-10(8)13(7)11(14)15-2/h3-4,6-7H,5,12H2,1-2H3. The van der Waals surface area contributed by atoms with E-state index >= 15 is 0 Å². The Bertz CT molecular complexity index is 404. The third kappa shape index (κ3) is 1.52. The van der Waals surface area contributed by atoms with Gasteiger partial charge in [-0.05, 0) is 31.0 Å². The van der Waals surface area contributed by atoms with E-state index in [4.69, 9.17) is 10.5 Å². The van der Waals surface area contributed by atoms with Crippen LogP contribution in [0.2, 0.25) is 0 Å². The zero-order valence-corrected chi connectivity index (χ0v) is 8.86. The summed E-state index contributed by atoms with van der Waals surface area (Å²) in [7, 11) is 1.39. The molecule has 1 atom stereocenters. The van der Waals surface area contributed by atoms with Crippen LogP contribution in [-0.4, -0.2) is 19.2 Å². The molecule has 0 saturated heterocycles. The first-order valence-corrected chi connectivity index (χ1v) is 4.89. The van der Waals surface area contributed by atoms with Crippen LogP contribution in [0.3, 0.4) is 0 Å². The molecule has 0 radical (unpaired) electrons. The molecule has 1 aliphatic rings. The topological polar surface area (TPSA) is 55.6 Å². The van der Waals surface area contributed by atoms with Crippen molar-refractivity contribution < 1.29 is 9.53 Å². The molecule has 0 fully saturated rings. The van der Waals surface area contributed by atoms with Gasteiger partial charge in [-0.1, -0.05) is 6.07 Å². The molecule has 1 unspecified atom stereocenters. The summed E-state index contributed by atoms with van der Waals surface area (Å²) in [6, 6.07) is 5.76. The Morgan fingerprint density at radius 3 is 3.00 bits per heavy atom. The maximum atomic E-state index is 11.6. The molecule has 2 N–H and O–H groups in total. The molecule has 0 spiro atoms. The van der Waals surface area contributed by atoms with Gasteiger partial charge in [0.2, 0.25) is 0 Å². The number of ether oxygens (including phenoxy) is 1. The lowest BCUT2D eigenvalue weighted by molar-refractivity contribution is 0.177. The van der Waals surface area contributed by atoms with Crippen molar-refractivity contribution in [2.24, 2.45) is 0 Å². The number of carbonyl (C=O) groups is 1. The van der Waals surface area contributed by atoms with Crippen LogP contribution < -0.4 is 10.6 Å². The Labute approximate surface area is 88.6 Å². The first-order chi connectivity index (χ1) is 7.13. The highest BCUT2D eigenvalue weighted by molar-refractivity contribution is 5.91. The van der Waals surface area contributed by atoms with Crippen LogP contribution in [0.15, 0.2) is 18.2 Å². The van der Waals surface area contributed by atoms with Gasteiger partial charge >= 0.3 is 6.09 Å². The smallest absolute Gasteiger partial charge is 0.414 e. The first kappa shape index (κ1) is 9.83. The largest absolute Gasteiger partial charge is 0.452 e. The monoisotopic (exact) mass is 206 g/mol. The van der Waals surface area contributed by atoms with E-state index in [0.717, 1.165) is 17.7 Å². The van der Waals surface area contributed by atoms with Crippen molar-refractivity contribution in [3.05, 3.63) is 23.8 Å². The van der Waals surface area contributed by atoms with Crippen molar-refractivity contribution in [3.63, 3.8) is 0 Å². The van der Waals surface area contributed by atoms with Gasteiger partial charge in [0.1, 0.15) is 0 Å². The Morgan fingerprint density at radius 1 is 1.60 bits per heavy atom. The molecule has 0 aliphatic carbocycles. The van der Waals surface area contributed by atoms with Gasteiger partial charge in [0.25, 0.3) is 0 Å². The molecule has 4 nitrogen and oxygen atoms in total. The van der Waals surface area contributed by atoms with E-state index < -0.39 is 0 Å². The van der Waals surface area contributed by atoms with Crippen LogP contribution in [0.25, 0.3) is 0 Å². The number of hydrogen-bond donors (Lipinski definition) is 1. The summed E-state index contributed by atoms with van der Waals surface area (Å²) in [5, 5.41) is 0. The molecule has 0 saturated carbocycles. The summed E-state index contributed by atoms with van der Waals surface area (Å²) in [5.41, 5.74) is 8.38. The Kier molecular flexibility index (Phi) is 2.26. The lowest BCUT2D eigenvalue weighted by atomic mass is 10.1. The van der Waals surface area contributed by atoms with Gasteiger partial charge in [0.05, 0.1) is 12.8 Å². The Morgan fingerprint density at radius 2 is 2.33 bits per heavy atom. The number of rotatable bonds is 0. The second-order valence-electron chi connectivity index (χ2n) is 3.78. The van der Waals surface area contributed by atoms with E-state index in [0.29, 0.717) is 5.69 Å². The van der Waals surface area contributed by atoms with Crippen LogP contribution in [0, 0.1) is 0 Å². The van der Waals surface area contributed by atoms with E-state index in [1.165, 1.54) is 7.11 Å². The highest BCUT2D eigenvalue weighted by Crippen LogP contribution is 2.33. The summed E-state index contributed by atoms with van der Waals surface area (Å²) >= 11 is 0. The second-order valence-corrected chi connectivity index (χ2v) is 3.78. The van der Waals surface area contributed by atoms with E-state index in [2.05, 4.69) is 0 Å². The molecular weight excluding hydrogens is 192 g/mol. The van der Waals surface area contributed by atoms with Crippen LogP contribution >= 0.6 is 0 Å². The number of carbonyl (C=O) groups excluding carboxylic acids is 1. The Balaban J connectivity index is 2.43. The summed E-state index contributed by atoms with van der Waals surface area (Å²) in [5.74, 6) is 0. The summed E-state index contributed by atoms with van der Waals surface area (Å²) in [4.78, 5) is 13.2. The third-order valence-electron chi connectivity index (χ3n) is 2.70. The summed E-state index contributed by atoms with van der Waals surface area (Å²) in [6.07, 6.45) is 0.525. The van der Waals surface area contributed by atoms with Gasteiger partial charge in [-0.3, -0.25) is 4.90 Å². The Hall–Kier alpha value is -1.71. The average Bonchev–Trinajstić information content (AvgIpc) is 2.52. The van der Waals surface area contributed by atoms with E-state index in [9.17, 15) is 4.79 Å². The number of amides is 1. The molecule has 0 bridgehead atoms. The van der Waals surface area contributed by atoms with Crippen molar-refractivity contribution in [2.75, 3.05) is 17.7 Å². The van der Waals surface area contributed by atoms with Crippen molar-refractivity contribution in [1.29, 1.82) is 0 Å². The van der Waals surface area contributed by atoms with Gasteiger partial charge in [0, 0.05) is 11.7 Å². The highest BCUT2D eigenvalue weighted by atomic mass is 16.5. The molecule has 0 aromatic heterocycles. The SMILES string of the molecule is COC(=O)N1c2cc(N)ccc2CC1C. The highest BCUT2D eigenvalue weighted by Gasteiger charge is 2.31. The number of fused-ring (bicyclic) bond motifs is 1. The molecule has 80 valence electrons. The van der Waals surface area contributed by atoms with Crippen molar-refractivity contribution in [1.82, 2.24) is 0 Å². The zero-order valence-electron chi connectivity index (χ0n) is 8.86. The summed E-state index contributed by atoms with van der Waals surface area (Å²) in [6.45, 7) is 1.99. The summed E-state index contributed by atoms with van der Waals surface area (Å²) < 4.78 is 4.75. The van der Waals surface area contributed by atoms with E-state index in [-0.39, 0.29) is 12.1 Å². The molecule has 1 aromatic carbocycles. The van der Waals surface area contributed by atoms with Crippen molar-refractivity contribution in [3.8, 4) is 0 Å². The van der Waals surface area contributed by atoms with Crippen LogP contribution in [0.5, 0.6) is 0 Å². The molecule has 15 heavy (non-hydrogen) atoms. The minimum absolute atomic E-state index is 0.134. The number of nitrogen functional groups attached to an aromatic ring is 1. The molecule has 1 aliphatic heterocycles. The fourth-order valence-corrected chi connectivity index (χ4v) is 2.00. The predicted molar refractivity (Wildman–Crippen MR) is 58.9 cm³/mol. The quantitative estimate of drug-likeness (QED) is 0.658. The lowest BCUT2D eigenvalue weighted by Gasteiger charge is -2.20. The van der Waals surface area contributed by atoms with Gasteiger partial charge in [-0.25, -0.2) is 4.79 Å². The molecule has 1 amide bonds. The van der Waals surface area contributed by atoms with Crippen molar-refractivity contribution >= 4 is 17.5 Å². The number of anilines is 2. The number of benzene rings is 1. The van der Waals surface area contributed by atoms with Crippen LogP contribution in [-0.2, 0) is 11.2 Å². The van der Waals surface area contributed by atoms with Crippen LogP contribution in [0.1, 0.15) is 12.5 Å². The van der Waals surface area contributed by atoms with Gasteiger partial charge in [-0.2, -0.15) is 0 Å². The van der Waals surface area contributed by atoms with Gasteiger partial charge in [0.15, 0.2) is 0 Å². The minimum Gasteiger partial charge on any atom is -0.452 e. The van der Waals surface area contributed by atoms with Gasteiger partial charge in [-0.15, -0.1) is 0 Å². The predicted octanol–water partition coefficient (Wildman–Crippen LogP) is 1.79.